The number of rotatable bonds is 6. The number of hydrogen-bond acceptors (Lipinski definition) is 5. The monoisotopic (exact) mass is 311 g/mol. The second kappa shape index (κ2) is 6.08. The van der Waals surface area contributed by atoms with Gasteiger partial charge in [-0.05, 0) is 26.5 Å². The van der Waals surface area contributed by atoms with Gasteiger partial charge in [0.15, 0.2) is 5.65 Å². The van der Waals surface area contributed by atoms with E-state index in [1.54, 1.807) is 17.8 Å². The maximum Gasteiger partial charge on any atom is 0.242 e. The Morgan fingerprint density at radius 3 is 2.81 bits per heavy atom. The van der Waals surface area contributed by atoms with Crippen molar-refractivity contribution in [2.45, 2.75) is 31.7 Å². The molecule has 2 N–H and O–H groups in total. The van der Waals surface area contributed by atoms with Gasteiger partial charge in [0.2, 0.25) is 10.0 Å². The van der Waals surface area contributed by atoms with E-state index in [2.05, 4.69) is 20.1 Å². The first-order valence-corrected chi connectivity index (χ1v) is 8.36. The summed E-state index contributed by atoms with van der Waals surface area (Å²) in [7, 11) is -1.78. The molecule has 0 saturated carbocycles. The molecule has 0 aliphatic rings. The average Bonchev–Trinajstić information content (AvgIpc) is 2.72. The third-order valence-corrected chi connectivity index (χ3v) is 4.67. The Kier molecular flexibility index (Phi) is 4.60. The smallest absolute Gasteiger partial charge is 0.242 e. The van der Waals surface area contributed by atoms with E-state index in [0.29, 0.717) is 12.2 Å². The number of aryl methyl sites for hydroxylation is 2. The molecule has 21 heavy (non-hydrogen) atoms. The van der Waals surface area contributed by atoms with Crippen LogP contribution in [0.1, 0.15) is 19.5 Å². The highest BCUT2D eigenvalue weighted by Gasteiger charge is 2.18. The molecule has 0 spiro atoms. The van der Waals surface area contributed by atoms with E-state index in [9.17, 15) is 8.42 Å². The first kappa shape index (κ1) is 15.9. The number of nitrogens with one attached hydrogen (secondary N) is 2. The van der Waals surface area contributed by atoms with Gasteiger partial charge < -0.3 is 5.32 Å². The van der Waals surface area contributed by atoms with Gasteiger partial charge in [0.05, 0.1) is 5.69 Å². The average molecular weight is 311 g/mol. The van der Waals surface area contributed by atoms with Crippen LogP contribution in [0.5, 0.6) is 0 Å². The topological polar surface area (TPSA) is 88.9 Å². The van der Waals surface area contributed by atoms with Crippen molar-refractivity contribution in [3.63, 3.8) is 0 Å². The minimum absolute atomic E-state index is 0.0709. The van der Waals surface area contributed by atoms with Crippen LogP contribution in [0.15, 0.2) is 17.2 Å². The lowest BCUT2D eigenvalue weighted by atomic mass is 10.3. The summed E-state index contributed by atoms with van der Waals surface area (Å²) < 4.78 is 28.8. The van der Waals surface area contributed by atoms with E-state index < -0.39 is 10.0 Å². The normalized spacial score (nSPS) is 13.7. The Labute approximate surface area is 124 Å². The molecule has 0 aromatic carbocycles. The van der Waals surface area contributed by atoms with Crippen molar-refractivity contribution >= 4 is 21.1 Å². The van der Waals surface area contributed by atoms with E-state index in [-0.39, 0.29) is 10.9 Å². The van der Waals surface area contributed by atoms with E-state index >= 15 is 0 Å². The van der Waals surface area contributed by atoms with Crippen molar-refractivity contribution in [3.8, 4) is 0 Å². The molecule has 8 heteroatoms. The summed E-state index contributed by atoms with van der Waals surface area (Å²) in [5, 5.41) is 8.15. The highest BCUT2D eigenvalue weighted by Crippen LogP contribution is 2.19. The summed E-state index contributed by atoms with van der Waals surface area (Å²) in [5.41, 5.74) is 1.44. The van der Waals surface area contributed by atoms with Gasteiger partial charge in [-0.3, -0.25) is 4.68 Å². The molecule has 0 amide bonds. The Balaban J connectivity index is 2.26. The van der Waals surface area contributed by atoms with Crippen molar-refractivity contribution in [3.05, 3.63) is 18.0 Å². The van der Waals surface area contributed by atoms with Gasteiger partial charge in [-0.15, -0.1) is 0 Å². The summed E-state index contributed by atoms with van der Waals surface area (Å²) in [6, 6.07) is 1.69. The Morgan fingerprint density at radius 2 is 2.14 bits per heavy atom. The fourth-order valence-electron chi connectivity index (χ4n) is 2.17. The van der Waals surface area contributed by atoms with Crippen LogP contribution < -0.4 is 10.0 Å². The molecule has 2 heterocycles. The second-order valence-corrected chi connectivity index (χ2v) is 6.83. The Morgan fingerprint density at radius 1 is 1.43 bits per heavy atom. The van der Waals surface area contributed by atoms with Crippen LogP contribution in [0.2, 0.25) is 0 Å². The predicted octanol–water partition coefficient (Wildman–Crippen LogP) is 0.553. The molecule has 2 rings (SSSR count). The minimum atomic E-state index is -3.56. The predicted molar refractivity (Wildman–Crippen MR) is 81.6 cm³/mol. The first-order valence-electron chi connectivity index (χ1n) is 6.87. The van der Waals surface area contributed by atoms with Gasteiger partial charge in [-0.25, -0.2) is 18.1 Å². The molecule has 0 aliphatic heterocycles. The largest absolute Gasteiger partial charge is 0.313 e. The standard InChI is InChI=1S/C13H21N5O2S/c1-5-14-9(2)7-16-21(19,20)11-6-12-10(3)17-18(4)13(12)15-8-11/h6,8-9,14,16H,5,7H2,1-4H3/t9-/m1/s1. The summed E-state index contributed by atoms with van der Waals surface area (Å²) >= 11 is 0. The Bertz CT molecular complexity index is 738. The number of nitrogens with zero attached hydrogens (tertiary/aromatic N) is 3. The molecular formula is C13H21N5O2S. The van der Waals surface area contributed by atoms with E-state index in [0.717, 1.165) is 17.6 Å². The van der Waals surface area contributed by atoms with Gasteiger partial charge in [0.1, 0.15) is 4.90 Å². The maximum atomic E-state index is 12.3. The first-order chi connectivity index (χ1) is 9.85. The molecule has 0 saturated heterocycles. The molecule has 2 aromatic rings. The fourth-order valence-corrected chi connectivity index (χ4v) is 3.27. The molecule has 116 valence electrons. The molecule has 1 atom stereocenters. The van der Waals surface area contributed by atoms with E-state index in [1.165, 1.54) is 6.20 Å². The molecule has 7 nitrogen and oxygen atoms in total. The van der Waals surface area contributed by atoms with Crippen molar-refractivity contribution in [2.24, 2.45) is 7.05 Å². The molecule has 0 aliphatic carbocycles. The lowest BCUT2D eigenvalue weighted by molar-refractivity contribution is 0.536. The zero-order valence-electron chi connectivity index (χ0n) is 12.7. The molecule has 0 fully saturated rings. The van der Waals surface area contributed by atoms with Crippen LogP contribution in [-0.2, 0) is 17.1 Å². The quantitative estimate of drug-likeness (QED) is 0.813. The summed E-state index contributed by atoms with van der Waals surface area (Å²) in [6.45, 7) is 6.87. The van der Waals surface area contributed by atoms with Gasteiger partial charge in [0.25, 0.3) is 0 Å². The van der Waals surface area contributed by atoms with Crippen LogP contribution in [-0.4, -0.2) is 42.3 Å². The maximum absolute atomic E-state index is 12.3. The van der Waals surface area contributed by atoms with Gasteiger partial charge in [-0.2, -0.15) is 5.10 Å². The zero-order chi connectivity index (χ0) is 15.6. The SMILES string of the molecule is CCN[C@H](C)CNS(=O)(=O)c1cnc2c(c1)c(C)nn2C. The number of sulfonamides is 1. The van der Waals surface area contributed by atoms with Gasteiger partial charge in [0, 0.05) is 31.2 Å². The highest BCUT2D eigenvalue weighted by molar-refractivity contribution is 7.89. The molecule has 0 radical (unpaired) electrons. The summed E-state index contributed by atoms with van der Waals surface area (Å²) in [5.74, 6) is 0. The molecule has 0 bridgehead atoms. The number of pyridine rings is 1. The lowest BCUT2D eigenvalue weighted by Crippen LogP contribution is -2.38. The van der Waals surface area contributed by atoms with Crippen molar-refractivity contribution in [1.29, 1.82) is 0 Å². The van der Waals surface area contributed by atoms with E-state index in [4.69, 9.17) is 0 Å². The minimum Gasteiger partial charge on any atom is -0.313 e. The van der Waals surface area contributed by atoms with Crippen LogP contribution in [0.3, 0.4) is 0 Å². The second-order valence-electron chi connectivity index (χ2n) is 5.06. The van der Waals surface area contributed by atoms with Gasteiger partial charge in [-0.1, -0.05) is 6.92 Å². The van der Waals surface area contributed by atoms with Crippen LogP contribution in [0, 0.1) is 6.92 Å². The summed E-state index contributed by atoms with van der Waals surface area (Å²) in [6.07, 6.45) is 1.36. The molecule has 2 aromatic heterocycles. The summed E-state index contributed by atoms with van der Waals surface area (Å²) in [4.78, 5) is 4.36. The van der Waals surface area contributed by atoms with Crippen molar-refractivity contribution in [2.75, 3.05) is 13.1 Å². The van der Waals surface area contributed by atoms with Crippen molar-refractivity contribution in [1.82, 2.24) is 24.8 Å². The number of likely N-dealkylation sites (N-methyl/N-ethyl adjacent to an activating group) is 1. The molecular weight excluding hydrogens is 290 g/mol. The zero-order valence-corrected chi connectivity index (χ0v) is 13.5. The van der Waals surface area contributed by atoms with E-state index in [1.807, 2.05) is 20.8 Å². The van der Waals surface area contributed by atoms with Crippen LogP contribution in [0.25, 0.3) is 11.0 Å². The highest BCUT2D eigenvalue weighted by atomic mass is 32.2. The number of fused-ring (bicyclic) bond motifs is 1. The third kappa shape index (κ3) is 3.39. The molecule has 0 unspecified atom stereocenters. The van der Waals surface area contributed by atoms with Gasteiger partial charge >= 0.3 is 0 Å². The number of aromatic nitrogens is 3. The fraction of sp³-hybridized carbons (Fsp3) is 0.538. The van der Waals surface area contributed by atoms with Crippen LogP contribution >= 0.6 is 0 Å². The Hall–Kier alpha value is -1.51. The lowest BCUT2D eigenvalue weighted by Gasteiger charge is -2.13. The van der Waals surface area contributed by atoms with Crippen LogP contribution in [0.4, 0.5) is 0 Å². The third-order valence-electron chi connectivity index (χ3n) is 3.28. The van der Waals surface area contributed by atoms with Crippen molar-refractivity contribution < 1.29 is 8.42 Å². The number of hydrogen-bond donors (Lipinski definition) is 2.